The number of rotatable bonds is 3. The van der Waals surface area contributed by atoms with Gasteiger partial charge in [0, 0.05) is 19.2 Å². The fourth-order valence-corrected chi connectivity index (χ4v) is 2.87. The largest absolute Gasteiger partial charge is 0.469 e. The molecule has 1 aromatic heterocycles. The van der Waals surface area contributed by atoms with Crippen LogP contribution in [0.25, 0.3) is 0 Å². The molecule has 1 aliphatic heterocycles. The Morgan fingerprint density at radius 3 is 3.00 bits per heavy atom. The van der Waals surface area contributed by atoms with Crippen molar-refractivity contribution in [2.24, 2.45) is 5.92 Å². The Labute approximate surface area is 124 Å². The zero-order valence-electron chi connectivity index (χ0n) is 10.9. The Bertz CT molecular complexity index is 537. The van der Waals surface area contributed by atoms with Crippen molar-refractivity contribution in [2.45, 2.75) is 12.8 Å². The summed E-state index contributed by atoms with van der Waals surface area (Å²) in [5, 5.41) is 10.7. The number of piperidine rings is 1. The highest BCUT2D eigenvalue weighted by Crippen LogP contribution is 2.30. The fraction of sp³-hybridized carbons (Fsp3) is 0.500. The summed E-state index contributed by atoms with van der Waals surface area (Å²) < 4.78 is 5.32. The number of pyridine rings is 1. The molecule has 7 nitrogen and oxygen atoms in total. The summed E-state index contributed by atoms with van der Waals surface area (Å²) in [7, 11) is 1.38. The van der Waals surface area contributed by atoms with Crippen molar-refractivity contribution in [1.29, 1.82) is 0 Å². The third kappa shape index (κ3) is 3.06. The van der Waals surface area contributed by atoms with Gasteiger partial charge < -0.3 is 9.64 Å². The summed E-state index contributed by atoms with van der Waals surface area (Å²) in [5.41, 5.74) is -0.0675. The van der Waals surface area contributed by atoms with E-state index in [1.807, 2.05) is 4.90 Å². The van der Waals surface area contributed by atoms with E-state index in [1.165, 1.54) is 19.4 Å². The Kier molecular flexibility index (Phi) is 4.53. The quantitative estimate of drug-likeness (QED) is 0.474. The molecule has 1 saturated heterocycles. The Hall–Kier alpha value is -1.70. The van der Waals surface area contributed by atoms with Crippen molar-refractivity contribution >= 4 is 33.4 Å². The van der Waals surface area contributed by atoms with Crippen LogP contribution in [0.1, 0.15) is 12.8 Å². The number of esters is 1. The minimum absolute atomic E-state index is 0.0675. The van der Waals surface area contributed by atoms with E-state index in [9.17, 15) is 14.9 Å². The second-order valence-electron chi connectivity index (χ2n) is 4.56. The summed E-state index contributed by atoms with van der Waals surface area (Å²) in [4.78, 5) is 27.9. The molecule has 1 aromatic rings. The summed E-state index contributed by atoms with van der Waals surface area (Å²) in [6.45, 7) is 1.27. The second-order valence-corrected chi connectivity index (χ2v) is 5.42. The van der Waals surface area contributed by atoms with Crippen molar-refractivity contribution in [3.05, 3.63) is 26.9 Å². The molecule has 1 fully saturated rings. The molecular weight excluding hydrogens is 330 g/mol. The van der Waals surface area contributed by atoms with E-state index in [1.54, 1.807) is 0 Å². The summed E-state index contributed by atoms with van der Waals surface area (Å²) >= 11 is 3.30. The van der Waals surface area contributed by atoms with Gasteiger partial charge in [0.25, 0.3) is 5.69 Å². The maximum absolute atomic E-state index is 11.6. The molecule has 0 aliphatic carbocycles. The number of hydrogen-bond acceptors (Lipinski definition) is 6. The number of nitro groups is 1. The first-order valence-corrected chi connectivity index (χ1v) is 6.95. The number of carbonyl (C=O) groups is 1. The standard InChI is InChI=1S/C12H14BrN3O4/c1-20-12(17)8-3-2-4-15(7-8)11-10(13)5-9(6-14-11)16(18)19/h5-6,8H,2-4,7H2,1H3. The van der Waals surface area contributed by atoms with Gasteiger partial charge in [-0.25, -0.2) is 4.98 Å². The van der Waals surface area contributed by atoms with Crippen LogP contribution in [-0.4, -0.2) is 36.1 Å². The van der Waals surface area contributed by atoms with E-state index >= 15 is 0 Å². The van der Waals surface area contributed by atoms with E-state index < -0.39 is 4.92 Å². The number of nitrogens with zero attached hydrogens (tertiary/aromatic N) is 3. The molecule has 1 unspecified atom stereocenters. The normalized spacial score (nSPS) is 18.7. The van der Waals surface area contributed by atoms with Gasteiger partial charge >= 0.3 is 5.97 Å². The van der Waals surface area contributed by atoms with E-state index in [4.69, 9.17) is 4.74 Å². The molecule has 0 spiro atoms. The van der Waals surface area contributed by atoms with Crippen LogP contribution >= 0.6 is 15.9 Å². The van der Waals surface area contributed by atoms with Crippen LogP contribution in [0.5, 0.6) is 0 Å². The lowest BCUT2D eigenvalue weighted by Gasteiger charge is -2.32. The van der Waals surface area contributed by atoms with Crippen LogP contribution in [0.4, 0.5) is 11.5 Å². The van der Waals surface area contributed by atoms with Gasteiger partial charge in [-0.15, -0.1) is 0 Å². The molecule has 0 bridgehead atoms. The van der Waals surface area contributed by atoms with Gasteiger partial charge in [0.15, 0.2) is 0 Å². The maximum Gasteiger partial charge on any atom is 0.310 e. The van der Waals surface area contributed by atoms with Gasteiger partial charge in [0.1, 0.15) is 12.0 Å². The van der Waals surface area contributed by atoms with E-state index in [2.05, 4.69) is 20.9 Å². The van der Waals surface area contributed by atoms with Gasteiger partial charge in [-0.3, -0.25) is 14.9 Å². The zero-order valence-corrected chi connectivity index (χ0v) is 12.5. The topological polar surface area (TPSA) is 85.6 Å². The van der Waals surface area contributed by atoms with Gasteiger partial charge in [-0.1, -0.05) is 0 Å². The van der Waals surface area contributed by atoms with Crippen LogP contribution < -0.4 is 4.90 Å². The highest BCUT2D eigenvalue weighted by Gasteiger charge is 2.28. The number of anilines is 1. The first-order valence-electron chi connectivity index (χ1n) is 6.15. The van der Waals surface area contributed by atoms with Crippen LogP contribution in [0.3, 0.4) is 0 Å². The lowest BCUT2D eigenvalue weighted by atomic mass is 9.98. The van der Waals surface area contributed by atoms with E-state index in [0.717, 1.165) is 19.4 Å². The van der Waals surface area contributed by atoms with Gasteiger partial charge in [-0.2, -0.15) is 0 Å². The molecule has 20 heavy (non-hydrogen) atoms. The Morgan fingerprint density at radius 2 is 2.40 bits per heavy atom. The smallest absolute Gasteiger partial charge is 0.310 e. The first-order chi connectivity index (χ1) is 9.52. The number of hydrogen-bond donors (Lipinski definition) is 0. The minimum Gasteiger partial charge on any atom is -0.469 e. The molecule has 0 radical (unpaired) electrons. The molecule has 2 rings (SSSR count). The third-order valence-electron chi connectivity index (χ3n) is 3.27. The Balaban J connectivity index is 2.19. The molecule has 1 aliphatic rings. The molecule has 0 aromatic carbocycles. The van der Waals surface area contributed by atoms with Crippen molar-refractivity contribution < 1.29 is 14.5 Å². The van der Waals surface area contributed by atoms with Gasteiger partial charge in [0.2, 0.25) is 0 Å². The monoisotopic (exact) mass is 343 g/mol. The lowest BCUT2D eigenvalue weighted by molar-refractivity contribution is -0.385. The average Bonchev–Trinajstić information content (AvgIpc) is 2.46. The summed E-state index contributed by atoms with van der Waals surface area (Å²) in [6, 6.07) is 1.42. The SMILES string of the molecule is COC(=O)C1CCCN(c2ncc([N+](=O)[O-])cc2Br)C1. The summed E-state index contributed by atoms with van der Waals surface area (Å²) in [6.07, 6.45) is 2.86. The summed E-state index contributed by atoms with van der Waals surface area (Å²) in [5.74, 6) is 0.203. The van der Waals surface area contributed by atoms with Gasteiger partial charge in [0.05, 0.1) is 22.4 Å². The van der Waals surface area contributed by atoms with Crippen LogP contribution in [0.15, 0.2) is 16.7 Å². The minimum atomic E-state index is -0.491. The molecule has 1 atom stereocenters. The third-order valence-corrected chi connectivity index (χ3v) is 3.86. The van der Waals surface area contributed by atoms with E-state index in [0.29, 0.717) is 16.8 Å². The van der Waals surface area contributed by atoms with Crippen molar-refractivity contribution in [3.63, 3.8) is 0 Å². The van der Waals surface area contributed by atoms with Gasteiger partial charge in [-0.05, 0) is 28.8 Å². The number of halogens is 1. The molecule has 0 amide bonds. The van der Waals surface area contributed by atoms with Crippen molar-refractivity contribution in [2.75, 3.05) is 25.1 Å². The first kappa shape index (κ1) is 14.7. The average molecular weight is 344 g/mol. The predicted octanol–water partition coefficient (Wildman–Crippen LogP) is 2.14. The molecule has 2 heterocycles. The Morgan fingerprint density at radius 1 is 1.65 bits per heavy atom. The highest BCUT2D eigenvalue weighted by atomic mass is 79.9. The maximum atomic E-state index is 11.6. The number of carbonyl (C=O) groups excluding carboxylic acids is 1. The zero-order chi connectivity index (χ0) is 14.7. The van der Waals surface area contributed by atoms with Crippen LogP contribution in [-0.2, 0) is 9.53 Å². The molecular formula is C12H14BrN3O4. The van der Waals surface area contributed by atoms with Crippen LogP contribution in [0, 0.1) is 16.0 Å². The van der Waals surface area contributed by atoms with E-state index in [-0.39, 0.29) is 17.6 Å². The molecule has 108 valence electrons. The number of ether oxygens (including phenoxy) is 1. The number of aromatic nitrogens is 1. The molecule has 8 heteroatoms. The highest BCUT2D eigenvalue weighted by molar-refractivity contribution is 9.10. The number of methoxy groups -OCH3 is 1. The predicted molar refractivity (Wildman–Crippen MR) is 75.5 cm³/mol. The molecule has 0 saturated carbocycles. The van der Waals surface area contributed by atoms with Crippen molar-refractivity contribution in [1.82, 2.24) is 4.98 Å². The van der Waals surface area contributed by atoms with Crippen molar-refractivity contribution in [3.8, 4) is 0 Å². The lowest BCUT2D eigenvalue weighted by Crippen LogP contribution is -2.39. The second kappa shape index (κ2) is 6.17. The fourth-order valence-electron chi connectivity index (χ4n) is 2.28. The van der Waals surface area contributed by atoms with Crippen LogP contribution in [0.2, 0.25) is 0 Å². The molecule has 0 N–H and O–H groups in total.